The Hall–Kier alpha value is 2.48. The van der Waals surface area contributed by atoms with Gasteiger partial charge in [-0.25, -0.2) is 0 Å². The van der Waals surface area contributed by atoms with Crippen LogP contribution in [-0.2, 0) is 0 Å². The Morgan fingerprint density at radius 2 is 1.10 bits per heavy atom. The van der Waals surface area contributed by atoms with E-state index in [1.165, 1.54) is 0 Å². The summed E-state index contributed by atoms with van der Waals surface area (Å²) >= 11 is 0. The molecule has 4 N–H and O–H groups in total. The second-order valence-corrected chi connectivity index (χ2v) is 1.50. The molecule has 52 valence electrons. The first kappa shape index (κ1) is 18.3. The van der Waals surface area contributed by atoms with E-state index in [1.54, 1.807) is 0 Å². The Labute approximate surface area is 124 Å². The molecule has 6 heteroatoms. The molecule has 4 nitrogen and oxygen atoms in total. The van der Waals surface area contributed by atoms with Gasteiger partial charge in [0.1, 0.15) is 12.2 Å². The molecule has 2 radical (unpaired) electrons. The van der Waals surface area contributed by atoms with E-state index in [1.807, 2.05) is 0 Å². The van der Waals surface area contributed by atoms with Crippen LogP contribution in [0.15, 0.2) is 0 Å². The van der Waals surface area contributed by atoms with E-state index in [0.29, 0.717) is 0 Å². The topological polar surface area (TPSA) is 80.9 Å². The smallest absolute Gasteiger partial charge is 0.105 e. The molecular formula is C4H10KNaO4. The van der Waals surface area contributed by atoms with Crippen LogP contribution in [0.3, 0.4) is 0 Å². The van der Waals surface area contributed by atoms with Gasteiger partial charge in [-0.2, -0.15) is 0 Å². The zero-order valence-corrected chi connectivity index (χ0v) is 11.5. The molecule has 0 fully saturated rings. The molecule has 2 atom stereocenters. The van der Waals surface area contributed by atoms with Crippen molar-refractivity contribution in [2.75, 3.05) is 13.2 Å². The molecule has 0 rings (SSSR count). The maximum atomic E-state index is 8.47. The molecule has 0 aromatic heterocycles. The van der Waals surface area contributed by atoms with Crippen LogP contribution in [-0.4, -0.2) is 127 Å². The van der Waals surface area contributed by atoms with E-state index in [0.717, 1.165) is 0 Å². The van der Waals surface area contributed by atoms with E-state index >= 15 is 0 Å². The minimum Gasteiger partial charge on any atom is -0.394 e. The molecule has 0 saturated heterocycles. The van der Waals surface area contributed by atoms with Crippen LogP contribution in [0.25, 0.3) is 0 Å². The summed E-state index contributed by atoms with van der Waals surface area (Å²) in [5.74, 6) is 0. The molecule has 0 aromatic rings. The van der Waals surface area contributed by atoms with Crippen molar-refractivity contribution in [3.05, 3.63) is 0 Å². The van der Waals surface area contributed by atoms with Crippen molar-refractivity contribution in [2.24, 2.45) is 0 Å². The first-order chi connectivity index (χ1) is 3.72. The van der Waals surface area contributed by atoms with Crippen LogP contribution in [0.4, 0.5) is 0 Å². The van der Waals surface area contributed by atoms with Crippen LogP contribution in [0, 0.1) is 0 Å². The molecule has 10 heavy (non-hydrogen) atoms. The van der Waals surface area contributed by atoms with Gasteiger partial charge < -0.3 is 20.4 Å². The van der Waals surface area contributed by atoms with Gasteiger partial charge in [-0.05, 0) is 0 Å². The van der Waals surface area contributed by atoms with Crippen LogP contribution in [0.1, 0.15) is 0 Å². The summed E-state index contributed by atoms with van der Waals surface area (Å²) in [4.78, 5) is 0. The Morgan fingerprint density at radius 1 is 0.900 bits per heavy atom. The zero-order chi connectivity index (χ0) is 6.57. The third kappa shape index (κ3) is 8.57. The predicted molar refractivity (Wildman–Crippen MR) is 37.7 cm³/mol. The van der Waals surface area contributed by atoms with Gasteiger partial charge in [-0.15, -0.1) is 0 Å². The minimum absolute atomic E-state index is 0. The molecule has 0 aromatic carbocycles. The number of aliphatic hydroxyl groups excluding tert-OH is 4. The largest absolute Gasteiger partial charge is 0.394 e. The third-order valence-corrected chi connectivity index (χ3v) is 0.818. The molecule has 0 aliphatic rings. The van der Waals surface area contributed by atoms with Crippen molar-refractivity contribution in [2.45, 2.75) is 12.2 Å². The van der Waals surface area contributed by atoms with Gasteiger partial charge in [0.25, 0.3) is 0 Å². The second kappa shape index (κ2) is 11.5. The summed E-state index contributed by atoms with van der Waals surface area (Å²) in [6, 6.07) is 0. The quantitative estimate of drug-likeness (QED) is 0.351. The number of rotatable bonds is 3. The van der Waals surface area contributed by atoms with Crippen molar-refractivity contribution < 1.29 is 20.4 Å². The Balaban J connectivity index is -0.000000245. The second-order valence-electron chi connectivity index (χ2n) is 1.50. The van der Waals surface area contributed by atoms with Crippen molar-refractivity contribution in [1.29, 1.82) is 0 Å². The fourth-order valence-corrected chi connectivity index (χ4v) is 0.243. The maximum absolute atomic E-state index is 8.47. The van der Waals surface area contributed by atoms with Gasteiger partial charge in [0, 0.05) is 80.9 Å². The van der Waals surface area contributed by atoms with Gasteiger partial charge >= 0.3 is 0 Å². The number of hydrogen-bond donors (Lipinski definition) is 4. The number of hydrogen-bond acceptors (Lipinski definition) is 4. The summed E-state index contributed by atoms with van der Waals surface area (Å²) in [7, 11) is 0. The fourth-order valence-electron chi connectivity index (χ4n) is 0.243. The SMILES string of the molecule is OCC(O)C(O)CO.[K].[Na]. The van der Waals surface area contributed by atoms with Gasteiger partial charge in [0.15, 0.2) is 0 Å². The standard InChI is InChI=1S/C4H10O4.K.Na/c5-1-3(7)4(8)2-6;;/h3-8H,1-2H2;;. The van der Waals surface area contributed by atoms with Crippen LogP contribution in [0.5, 0.6) is 0 Å². The molecule has 0 aliphatic carbocycles. The van der Waals surface area contributed by atoms with Crippen LogP contribution < -0.4 is 0 Å². The molecule has 0 amide bonds. The maximum Gasteiger partial charge on any atom is 0.105 e. The van der Waals surface area contributed by atoms with Gasteiger partial charge in [0.05, 0.1) is 13.2 Å². The van der Waals surface area contributed by atoms with Crippen molar-refractivity contribution >= 4 is 80.9 Å². The summed E-state index contributed by atoms with van der Waals surface area (Å²) in [6.45, 7) is -1.05. The van der Waals surface area contributed by atoms with Crippen LogP contribution in [0.2, 0.25) is 0 Å². The van der Waals surface area contributed by atoms with E-state index in [2.05, 4.69) is 0 Å². The summed E-state index contributed by atoms with van der Waals surface area (Å²) in [5, 5.41) is 33.2. The average molecular weight is 184 g/mol. The Kier molecular flexibility index (Phi) is 21.0. The van der Waals surface area contributed by atoms with E-state index in [-0.39, 0.29) is 80.9 Å². The monoisotopic (exact) mass is 184 g/mol. The van der Waals surface area contributed by atoms with Crippen molar-refractivity contribution in [3.8, 4) is 0 Å². The van der Waals surface area contributed by atoms with Crippen molar-refractivity contribution in [3.63, 3.8) is 0 Å². The Bertz CT molecular complexity index is 57.2. The third-order valence-electron chi connectivity index (χ3n) is 0.818. The average Bonchev–Trinajstić information content (AvgIpc) is 1.84. The van der Waals surface area contributed by atoms with E-state index < -0.39 is 25.4 Å². The molecule has 0 saturated carbocycles. The van der Waals surface area contributed by atoms with E-state index in [4.69, 9.17) is 20.4 Å². The van der Waals surface area contributed by atoms with Gasteiger partial charge in [-0.1, -0.05) is 0 Å². The van der Waals surface area contributed by atoms with Crippen LogP contribution >= 0.6 is 0 Å². The van der Waals surface area contributed by atoms with Crippen molar-refractivity contribution in [1.82, 2.24) is 0 Å². The zero-order valence-electron chi connectivity index (χ0n) is 6.36. The summed E-state index contributed by atoms with van der Waals surface area (Å²) in [6.07, 6.45) is -2.44. The number of aliphatic hydroxyl groups is 4. The molecule has 2 unspecified atom stereocenters. The summed E-state index contributed by atoms with van der Waals surface area (Å²) in [5.41, 5.74) is 0. The molecule has 0 bridgehead atoms. The van der Waals surface area contributed by atoms with Gasteiger partial charge in [-0.3, -0.25) is 0 Å². The normalized spacial score (nSPS) is 14.4. The summed E-state index contributed by atoms with van der Waals surface area (Å²) < 4.78 is 0. The molecular weight excluding hydrogens is 174 g/mol. The predicted octanol–water partition coefficient (Wildman–Crippen LogP) is -3.07. The fraction of sp³-hybridized carbons (Fsp3) is 1.00. The van der Waals surface area contributed by atoms with Gasteiger partial charge in [0.2, 0.25) is 0 Å². The molecule has 0 spiro atoms. The molecule has 0 heterocycles. The Morgan fingerprint density at radius 3 is 1.20 bits per heavy atom. The van der Waals surface area contributed by atoms with E-state index in [9.17, 15) is 0 Å². The minimum atomic E-state index is -1.22. The first-order valence-electron chi connectivity index (χ1n) is 2.30. The first-order valence-corrected chi connectivity index (χ1v) is 2.30. The molecule has 0 aliphatic heterocycles.